The van der Waals surface area contributed by atoms with E-state index in [1.165, 1.54) is 0 Å². The fraction of sp³-hybridized carbons (Fsp3) is 0.556. The number of hydrogen-bond acceptors (Lipinski definition) is 5. The molecule has 0 N–H and O–H groups in total. The summed E-state index contributed by atoms with van der Waals surface area (Å²) in [5.74, 6) is 2.29. The summed E-state index contributed by atoms with van der Waals surface area (Å²) < 4.78 is 16.2. The summed E-state index contributed by atoms with van der Waals surface area (Å²) in [5.41, 5.74) is 1.03. The van der Waals surface area contributed by atoms with Crippen LogP contribution in [-0.4, -0.2) is 55.5 Å². The monoisotopic (exact) mass is 472 g/mol. The first-order valence-corrected chi connectivity index (χ1v) is 12.2. The van der Waals surface area contributed by atoms with E-state index in [1.807, 2.05) is 30.3 Å². The second kappa shape index (κ2) is 14.3. The van der Waals surface area contributed by atoms with Gasteiger partial charge in [0.2, 0.25) is 11.8 Å². The van der Waals surface area contributed by atoms with Gasteiger partial charge in [-0.15, -0.1) is 0 Å². The average molecular weight is 473 g/mol. The number of carbonyl (C=O) groups excluding carboxylic acids is 2. The van der Waals surface area contributed by atoms with Crippen molar-refractivity contribution >= 4 is 11.8 Å². The standard InChI is InChI=1S/C27H40N2O5/c1-6-7-8-11-26(30)29(18-21(2)3)20-27(31)28(19-23-10-9-16-34-23)15-14-22-12-13-24(32-4)25(17-22)33-5/h9-10,12-13,16-17,21H,6-8,11,14-15,18-20H2,1-5H3. The summed E-state index contributed by atoms with van der Waals surface area (Å²) in [7, 11) is 3.21. The molecule has 1 aromatic carbocycles. The zero-order valence-electron chi connectivity index (χ0n) is 21.3. The van der Waals surface area contributed by atoms with E-state index < -0.39 is 0 Å². The predicted molar refractivity (Wildman–Crippen MR) is 133 cm³/mol. The summed E-state index contributed by atoms with van der Waals surface area (Å²) >= 11 is 0. The average Bonchev–Trinajstić information content (AvgIpc) is 3.34. The van der Waals surface area contributed by atoms with Crippen molar-refractivity contribution in [2.75, 3.05) is 33.9 Å². The van der Waals surface area contributed by atoms with E-state index in [4.69, 9.17) is 13.9 Å². The maximum Gasteiger partial charge on any atom is 0.242 e. The largest absolute Gasteiger partial charge is 0.493 e. The van der Waals surface area contributed by atoms with Crippen molar-refractivity contribution in [1.29, 1.82) is 0 Å². The Balaban J connectivity index is 2.12. The lowest BCUT2D eigenvalue weighted by molar-refractivity contribution is -0.141. The molecule has 0 unspecified atom stereocenters. The Morgan fingerprint density at radius 2 is 1.76 bits per heavy atom. The van der Waals surface area contributed by atoms with Crippen molar-refractivity contribution in [1.82, 2.24) is 9.80 Å². The third-order valence-corrected chi connectivity index (χ3v) is 5.66. The lowest BCUT2D eigenvalue weighted by atomic mass is 10.1. The van der Waals surface area contributed by atoms with Crippen LogP contribution in [0.15, 0.2) is 41.0 Å². The second-order valence-corrected chi connectivity index (χ2v) is 8.96. The van der Waals surface area contributed by atoms with E-state index in [2.05, 4.69) is 20.8 Å². The highest BCUT2D eigenvalue weighted by atomic mass is 16.5. The van der Waals surface area contributed by atoms with Gasteiger partial charge >= 0.3 is 0 Å². The number of carbonyl (C=O) groups is 2. The maximum absolute atomic E-state index is 13.4. The Morgan fingerprint density at radius 1 is 1.00 bits per heavy atom. The van der Waals surface area contributed by atoms with Gasteiger partial charge in [-0.3, -0.25) is 9.59 Å². The minimum Gasteiger partial charge on any atom is -0.493 e. The van der Waals surface area contributed by atoms with Crippen LogP contribution in [0.2, 0.25) is 0 Å². The van der Waals surface area contributed by atoms with E-state index in [-0.39, 0.29) is 24.3 Å². The fourth-order valence-electron chi connectivity index (χ4n) is 3.83. The lowest BCUT2D eigenvalue weighted by Crippen LogP contribution is -2.44. The van der Waals surface area contributed by atoms with E-state index >= 15 is 0 Å². The molecule has 188 valence electrons. The van der Waals surface area contributed by atoms with Crippen LogP contribution in [0, 0.1) is 5.92 Å². The van der Waals surface area contributed by atoms with Crippen molar-refractivity contribution in [3.63, 3.8) is 0 Å². The van der Waals surface area contributed by atoms with Crippen LogP contribution >= 0.6 is 0 Å². The van der Waals surface area contributed by atoms with Crippen LogP contribution in [0.1, 0.15) is 57.8 Å². The summed E-state index contributed by atoms with van der Waals surface area (Å²) in [4.78, 5) is 29.7. The summed E-state index contributed by atoms with van der Waals surface area (Å²) in [5, 5.41) is 0. The smallest absolute Gasteiger partial charge is 0.242 e. The highest BCUT2D eigenvalue weighted by Gasteiger charge is 2.23. The van der Waals surface area contributed by atoms with Gasteiger partial charge in [0.15, 0.2) is 11.5 Å². The number of furan rings is 1. The van der Waals surface area contributed by atoms with E-state index in [1.54, 1.807) is 30.3 Å². The van der Waals surface area contributed by atoms with Crippen LogP contribution in [0.4, 0.5) is 0 Å². The molecule has 2 rings (SSSR count). The highest BCUT2D eigenvalue weighted by Crippen LogP contribution is 2.27. The van der Waals surface area contributed by atoms with Crippen LogP contribution in [-0.2, 0) is 22.6 Å². The number of hydrogen-bond donors (Lipinski definition) is 0. The molecule has 0 atom stereocenters. The molecule has 0 aliphatic rings. The first-order chi connectivity index (χ1) is 16.4. The van der Waals surface area contributed by atoms with E-state index in [0.717, 1.165) is 24.8 Å². The van der Waals surface area contributed by atoms with Crippen LogP contribution in [0.5, 0.6) is 11.5 Å². The zero-order valence-corrected chi connectivity index (χ0v) is 21.3. The molecule has 0 bridgehead atoms. The maximum atomic E-state index is 13.4. The summed E-state index contributed by atoms with van der Waals surface area (Å²) in [6.07, 6.45) is 5.66. The third-order valence-electron chi connectivity index (χ3n) is 5.66. The van der Waals surface area contributed by atoms with Crippen molar-refractivity contribution in [3.05, 3.63) is 47.9 Å². The number of ether oxygens (including phenoxy) is 2. The first kappa shape index (κ1) is 27.3. The SMILES string of the molecule is CCCCCC(=O)N(CC(=O)N(CCc1ccc(OC)c(OC)c1)Cc1ccco1)CC(C)C. The van der Waals surface area contributed by atoms with Crippen molar-refractivity contribution in [2.45, 2.75) is 59.4 Å². The minimum absolute atomic E-state index is 0.0494. The lowest BCUT2D eigenvalue weighted by Gasteiger charge is -2.28. The van der Waals surface area contributed by atoms with Gasteiger partial charge in [0, 0.05) is 19.5 Å². The minimum atomic E-state index is -0.0821. The number of nitrogens with zero attached hydrogens (tertiary/aromatic N) is 2. The van der Waals surface area contributed by atoms with Crippen molar-refractivity contribution < 1.29 is 23.5 Å². The van der Waals surface area contributed by atoms with Gasteiger partial charge in [0.25, 0.3) is 0 Å². The number of methoxy groups -OCH3 is 2. The molecule has 34 heavy (non-hydrogen) atoms. The van der Waals surface area contributed by atoms with Gasteiger partial charge in [-0.2, -0.15) is 0 Å². The Hall–Kier alpha value is -2.96. The van der Waals surface area contributed by atoms with Crippen LogP contribution in [0.3, 0.4) is 0 Å². The molecule has 0 saturated carbocycles. The molecule has 2 aromatic rings. The Morgan fingerprint density at radius 3 is 2.38 bits per heavy atom. The normalized spacial score (nSPS) is 10.9. The predicted octanol–water partition coefficient (Wildman–Crippen LogP) is 4.93. The quantitative estimate of drug-likeness (QED) is 0.344. The van der Waals surface area contributed by atoms with Gasteiger partial charge in [-0.1, -0.05) is 39.7 Å². The molecule has 0 fully saturated rings. The molecule has 2 amide bonds. The fourth-order valence-corrected chi connectivity index (χ4v) is 3.83. The molecular weight excluding hydrogens is 432 g/mol. The van der Waals surface area contributed by atoms with Gasteiger partial charge in [0.05, 0.1) is 33.6 Å². The Kier molecular flexibility index (Phi) is 11.5. The number of rotatable bonds is 15. The summed E-state index contributed by atoms with van der Waals surface area (Å²) in [6.45, 7) is 7.75. The van der Waals surface area contributed by atoms with Crippen molar-refractivity contribution in [2.24, 2.45) is 5.92 Å². The number of unbranched alkanes of at least 4 members (excludes halogenated alkanes) is 2. The van der Waals surface area contributed by atoms with Crippen LogP contribution < -0.4 is 9.47 Å². The molecule has 1 heterocycles. The molecule has 0 aliphatic carbocycles. The van der Waals surface area contributed by atoms with Gasteiger partial charge in [0.1, 0.15) is 5.76 Å². The summed E-state index contributed by atoms with van der Waals surface area (Å²) in [6, 6.07) is 9.44. The molecule has 7 nitrogen and oxygen atoms in total. The van der Waals surface area contributed by atoms with E-state index in [0.29, 0.717) is 49.7 Å². The molecule has 1 aromatic heterocycles. The highest BCUT2D eigenvalue weighted by molar-refractivity contribution is 5.84. The Labute approximate surface area is 204 Å². The number of amides is 2. The molecule has 7 heteroatoms. The van der Waals surface area contributed by atoms with E-state index in [9.17, 15) is 9.59 Å². The van der Waals surface area contributed by atoms with Crippen molar-refractivity contribution in [3.8, 4) is 11.5 Å². The Bertz CT molecular complexity index is 879. The third kappa shape index (κ3) is 8.76. The molecule has 0 spiro atoms. The number of benzene rings is 1. The van der Waals surface area contributed by atoms with Gasteiger partial charge in [-0.25, -0.2) is 0 Å². The first-order valence-electron chi connectivity index (χ1n) is 12.2. The molecule has 0 saturated heterocycles. The molecule has 0 radical (unpaired) electrons. The molecular formula is C27H40N2O5. The second-order valence-electron chi connectivity index (χ2n) is 8.96. The topological polar surface area (TPSA) is 72.2 Å². The van der Waals surface area contributed by atoms with Crippen LogP contribution in [0.25, 0.3) is 0 Å². The van der Waals surface area contributed by atoms with Gasteiger partial charge < -0.3 is 23.7 Å². The zero-order chi connectivity index (χ0) is 24.9. The molecule has 0 aliphatic heterocycles. The van der Waals surface area contributed by atoms with Gasteiger partial charge in [-0.05, 0) is 48.6 Å².